The Hall–Kier alpha value is -1.27. The van der Waals surface area contributed by atoms with Crippen LogP contribution in [0.4, 0.5) is 17.6 Å². The van der Waals surface area contributed by atoms with Crippen LogP contribution in [-0.2, 0) is 10.0 Å². The third-order valence-corrected chi connectivity index (χ3v) is 4.57. The third-order valence-electron chi connectivity index (χ3n) is 1.80. The van der Waals surface area contributed by atoms with Crippen LogP contribution in [0, 0.1) is 0 Å². The van der Waals surface area contributed by atoms with Gasteiger partial charge in [0.25, 0.3) is 10.0 Å². The molecule has 19 heavy (non-hydrogen) atoms. The average molecular weight is 322 g/mol. The Bertz CT molecular complexity index is 571. The molecule has 2 N–H and O–H groups in total. The molecule has 0 aliphatic carbocycles. The fourth-order valence-corrected chi connectivity index (χ4v) is 3.13. The molecule has 1 heterocycles. The fraction of sp³-hybridized carbons (Fsp3) is 0.429. The van der Waals surface area contributed by atoms with Gasteiger partial charge in [0.05, 0.1) is 12.1 Å². The zero-order valence-corrected chi connectivity index (χ0v) is 10.4. The zero-order valence-electron chi connectivity index (χ0n) is 8.81. The van der Waals surface area contributed by atoms with Gasteiger partial charge in [0.2, 0.25) is 0 Å². The highest BCUT2D eigenvalue weighted by Crippen LogP contribution is 2.24. The molecule has 0 saturated heterocycles. The van der Waals surface area contributed by atoms with Crippen molar-refractivity contribution < 1.29 is 35.9 Å². The maximum Gasteiger partial charge on any atom is 0.356 e. The van der Waals surface area contributed by atoms with Crippen LogP contribution in [0.3, 0.4) is 0 Å². The van der Waals surface area contributed by atoms with Gasteiger partial charge in [-0.3, -0.25) is 0 Å². The Morgan fingerprint density at radius 3 is 2.58 bits per heavy atom. The van der Waals surface area contributed by atoms with Gasteiger partial charge in [0.15, 0.2) is 9.90 Å². The number of hydrogen-bond acceptors (Lipinski definition) is 5. The predicted octanol–water partition coefficient (Wildman–Crippen LogP) is 1.02. The van der Waals surface area contributed by atoms with E-state index in [1.165, 1.54) is 4.72 Å². The van der Waals surface area contributed by atoms with Gasteiger partial charge in [0, 0.05) is 0 Å². The van der Waals surface area contributed by atoms with E-state index in [4.69, 9.17) is 5.11 Å². The molecule has 108 valence electrons. The molecule has 12 heteroatoms. The second-order valence-electron chi connectivity index (χ2n) is 3.18. The maximum absolute atomic E-state index is 12.6. The van der Waals surface area contributed by atoms with E-state index in [-0.39, 0.29) is 0 Å². The number of nitrogens with one attached hydrogen (secondary N) is 1. The van der Waals surface area contributed by atoms with Gasteiger partial charge in [-0.15, -0.1) is 11.3 Å². The molecule has 0 unspecified atom stereocenters. The van der Waals surface area contributed by atoms with Gasteiger partial charge >= 0.3 is 18.3 Å². The Morgan fingerprint density at radius 2 is 2.11 bits per heavy atom. The highest BCUT2D eigenvalue weighted by molar-refractivity contribution is 7.91. The van der Waals surface area contributed by atoms with Crippen molar-refractivity contribution >= 4 is 27.3 Å². The molecule has 0 aliphatic rings. The minimum absolute atomic E-state index is 0.369. The van der Waals surface area contributed by atoms with E-state index in [0.29, 0.717) is 11.3 Å². The number of carboxylic acid groups (broad SMARTS) is 1. The first kappa shape index (κ1) is 15.8. The van der Waals surface area contributed by atoms with Crippen molar-refractivity contribution in [2.24, 2.45) is 0 Å². The molecule has 0 spiro atoms. The molecular weight excluding hydrogens is 316 g/mol. The highest BCUT2D eigenvalue weighted by Gasteiger charge is 2.42. The van der Waals surface area contributed by atoms with Gasteiger partial charge in [-0.2, -0.15) is 8.78 Å². The lowest BCUT2D eigenvalue weighted by molar-refractivity contribution is -0.122. The maximum atomic E-state index is 12.6. The highest BCUT2D eigenvalue weighted by atomic mass is 32.2. The Labute approximate surface area is 108 Å². The quantitative estimate of drug-likeness (QED) is 0.762. The second kappa shape index (κ2) is 5.38. The summed E-state index contributed by atoms with van der Waals surface area (Å²) in [6.45, 7) is -1.84. The van der Waals surface area contributed by atoms with E-state index < -0.39 is 44.8 Å². The van der Waals surface area contributed by atoms with E-state index in [2.05, 4.69) is 4.98 Å². The molecule has 0 aromatic carbocycles. The topological polar surface area (TPSA) is 96.4 Å². The number of alkyl halides is 4. The first-order valence-electron chi connectivity index (χ1n) is 4.40. The summed E-state index contributed by atoms with van der Waals surface area (Å²) in [5.74, 6) is -6.23. The Kier molecular flexibility index (Phi) is 4.47. The number of aromatic nitrogens is 1. The summed E-state index contributed by atoms with van der Waals surface area (Å²) in [6.07, 6.45) is -4.05. The number of rotatable bonds is 6. The first-order valence-corrected chi connectivity index (χ1v) is 6.76. The summed E-state index contributed by atoms with van der Waals surface area (Å²) in [5.41, 5.74) is 0.0152. The summed E-state index contributed by atoms with van der Waals surface area (Å²) < 4.78 is 72.3. The van der Waals surface area contributed by atoms with E-state index in [0.717, 1.165) is 5.51 Å². The molecule has 0 saturated carbocycles. The van der Waals surface area contributed by atoms with Crippen molar-refractivity contribution in [3.05, 3.63) is 11.2 Å². The molecule has 0 atom stereocenters. The normalized spacial score (nSPS) is 12.9. The summed E-state index contributed by atoms with van der Waals surface area (Å²) in [6, 6.07) is 0. The number of sulfonamides is 1. The van der Waals surface area contributed by atoms with Crippen LogP contribution in [0.5, 0.6) is 0 Å². The molecule has 6 nitrogen and oxygen atoms in total. The molecule has 0 aliphatic heterocycles. The first-order chi connectivity index (χ1) is 8.58. The Balaban J connectivity index is 2.94. The summed E-state index contributed by atoms with van der Waals surface area (Å²) >= 11 is 0.369. The lowest BCUT2D eigenvalue weighted by Crippen LogP contribution is -2.41. The Morgan fingerprint density at radius 1 is 1.53 bits per heavy atom. The smallest absolute Gasteiger partial charge is 0.356 e. The minimum Gasteiger partial charge on any atom is -0.476 e. The fourth-order valence-electron chi connectivity index (χ4n) is 0.903. The second-order valence-corrected chi connectivity index (χ2v) is 6.00. The third kappa shape index (κ3) is 3.61. The molecule has 1 aromatic heterocycles. The van der Waals surface area contributed by atoms with Crippen LogP contribution < -0.4 is 4.72 Å². The zero-order chi connectivity index (χ0) is 14.8. The minimum atomic E-state index is -4.65. The summed E-state index contributed by atoms with van der Waals surface area (Å²) in [7, 11) is -4.65. The number of thiazole rings is 1. The monoisotopic (exact) mass is 322 g/mol. The number of aromatic carboxylic acids is 1. The number of hydrogen-bond donors (Lipinski definition) is 2. The van der Waals surface area contributed by atoms with Crippen LogP contribution in [0.2, 0.25) is 0 Å². The standard InChI is InChI=1S/C7H6F4N2O4S2/c8-6(9)7(10,11)1-13-19(16,17)5-3(4(14)15)12-2-18-5/h2,6,13H,1H2,(H,14,15). The van der Waals surface area contributed by atoms with Gasteiger partial charge in [-0.1, -0.05) is 0 Å². The number of carboxylic acids is 1. The van der Waals surface area contributed by atoms with Crippen LogP contribution in [-0.4, -0.2) is 43.4 Å². The van der Waals surface area contributed by atoms with Gasteiger partial charge < -0.3 is 5.11 Å². The molecule has 1 aromatic rings. The van der Waals surface area contributed by atoms with E-state index in [9.17, 15) is 30.8 Å². The lowest BCUT2D eigenvalue weighted by atomic mass is 10.4. The van der Waals surface area contributed by atoms with Gasteiger partial charge in [-0.05, 0) is 0 Å². The van der Waals surface area contributed by atoms with Crippen LogP contribution in [0.1, 0.15) is 10.5 Å². The van der Waals surface area contributed by atoms with Crippen molar-refractivity contribution in [1.29, 1.82) is 0 Å². The number of nitrogens with zero attached hydrogens (tertiary/aromatic N) is 1. The number of halogens is 4. The molecule has 0 bridgehead atoms. The van der Waals surface area contributed by atoms with Crippen molar-refractivity contribution in [2.45, 2.75) is 16.6 Å². The lowest BCUT2D eigenvalue weighted by Gasteiger charge is -2.15. The van der Waals surface area contributed by atoms with E-state index in [1.54, 1.807) is 0 Å². The number of carbonyl (C=O) groups is 1. The van der Waals surface area contributed by atoms with Gasteiger partial charge in [-0.25, -0.2) is 31.7 Å². The average Bonchev–Trinajstić information content (AvgIpc) is 2.76. The predicted molar refractivity (Wildman–Crippen MR) is 55.2 cm³/mol. The summed E-state index contributed by atoms with van der Waals surface area (Å²) in [4.78, 5) is 13.8. The van der Waals surface area contributed by atoms with Gasteiger partial charge in [0.1, 0.15) is 0 Å². The van der Waals surface area contributed by atoms with Crippen LogP contribution in [0.25, 0.3) is 0 Å². The van der Waals surface area contributed by atoms with Crippen LogP contribution >= 0.6 is 11.3 Å². The molecule has 0 amide bonds. The van der Waals surface area contributed by atoms with Crippen molar-refractivity contribution in [3.63, 3.8) is 0 Å². The molecule has 0 radical (unpaired) electrons. The van der Waals surface area contributed by atoms with Crippen LogP contribution in [0.15, 0.2) is 9.72 Å². The van der Waals surface area contributed by atoms with Crippen molar-refractivity contribution in [2.75, 3.05) is 6.54 Å². The van der Waals surface area contributed by atoms with E-state index >= 15 is 0 Å². The largest absolute Gasteiger partial charge is 0.476 e. The molecule has 0 fully saturated rings. The molecular formula is C7H6F4N2O4S2. The summed E-state index contributed by atoms with van der Waals surface area (Å²) in [5, 5.41) is 8.62. The van der Waals surface area contributed by atoms with E-state index in [1.807, 2.05) is 0 Å². The SMILES string of the molecule is O=C(O)c1ncsc1S(=O)(=O)NCC(F)(F)C(F)F. The van der Waals surface area contributed by atoms with Crippen molar-refractivity contribution in [1.82, 2.24) is 9.71 Å². The van der Waals surface area contributed by atoms with Crippen molar-refractivity contribution in [3.8, 4) is 0 Å². The molecule has 1 rings (SSSR count).